The van der Waals surface area contributed by atoms with Gasteiger partial charge in [0.1, 0.15) is 5.75 Å². The highest BCUT2D eigenvalue weighted by Crippen LogP contribution is 2.54. The number of rotatable bonds is 5. The fourth-order valence-electron chi connectivity index (χ4n) is 4.79. The number of amides is 2. The molecule has 0 unspecified atom stereocenters. The van der Waals surface area contributed by atoms with Gasteiger partial charge in [0.05, 0.1) is 17.5 Å². The highest BCUT2D eigenvalue weighted by atomic mass is 79.9. The second-order valence-electron chi connectivity index (χ2n) is 7.84. The second-order valence-corrected chi connectivity index (χ2v) is 9.19. The van der Waals surface area contributed by atoms with Crippen molar-refractivity contribution in [1.82, 2.24) is 0 Å². The molecular formula is C23H17BrClNO4. The van der Waals surface area contributed by atoms with Crippen LogP contribution >= 0.6 is 27.5 Å². The molecule has 30 heavy (non-hydrogen) atoms. The number of carbonyl (C=O) groups excluding carboxylic acids is 3. The van der Waals surface area contributed by atoms with Crippen LogP contribution in [0.4, 0.5) is 5.69 Å². The molecule has 1 heterocycles. The summed E-state index contributed by atoms with van der Waals surface area (Å²) < 4.78 is 6.63. The van der Waals surface area contributed by atoms with Crippen LogP contribution in [0, 0.1) is 23.7 Å². The minimum Gasteiger partial charge on any atom is -0.483 e. The Kier molecular flexibility index (Phi) is 4.79. The fraction of sp³-hybridized carbons (Fsp3) is 0.261. The van der Waals surface area contributed by atoms with E-state index >= 15 is 0 Å². The van der Waals surface area contributed by atoms with E-state index in [4.69, 9.17) is 16.3 Å². The lowest BCUT2D eigenvalue weighted by atomic mass is 9.85. The van der Waals surface area contributed by atoms with Gasteiger partial charge in [0, 0.05) is 15.1 Å². The van der Waals surface area contributed by atoms with Crippen molar-refractivity contribution in [3.8, 4) is 5.75 Å². The first kappa shape index (κ1) is 19.5. The van der Waals surface area contributed by atoms with Crippen LogP contribution in [-0.2, 0) is 9.59 Å². The zero-order valence-corrected chi connectivity index (χ0v) is 18.1. The Bertz CT molecular complexity index is 1070. The molecule has 1 saturated heterocycles. The molecule has 0 spiro atoms. The summed E-state index contributed by atoms with van der Waals surface area (Å²) >= 11 is 9.51. The van der Waals surface area contributed by atoms with E-state index in [9.17, 15) is 14.4 Å². The zero-order chi connectivity index (χ0) is 21.0. The number of benzene rings is 2. The minimum atomic E-state index is -0.316. The number of Topliss-reactive ketones (excluding diaryl/α,β-unsaturated/α-hetero) is 1. The quantitative estimate of drug-likeness (QED) is 0.350. The van der Waals surface area contributed by atoms with Crippen LogP contribution < -0.4 is 9.64 Å². The number of carbonyl (C=O) groups is 3. The van der Waals surface area contributed by atoms with E-state index in [2.05, 4.69) is 15.9 Å². The Morgan fingerprint density at radius 1 is 1.03 bits per heavy atom. The molecule has 0 aromatic heterocycles. The van der Waals surface area contributed by atoms with Gasteiger partial charge in [-0.3, -0.25) is 14.4 Å². The minimum absolute atomic E-state index is 0.115. The van der Waals surface area contributed by atoms with E-state index in [1.54, 1.807) is 42.5 Å². The van der Waals surface area contributed by atoms with Crippen molar-refractivity contribution in [3.05, 3.63) is 69.7 Å². The average Bonchev–Trinajstić information content (AvgIpc) is 3.41. The van der Waals surface area contributed by atoms with Crippen molar-refractivity contribution >= 4 is 50.8 Å². The van der Waals surface area contributed by atoms with Gasteiger partial charge in [-0.1, -0.05) is 51.8 Å². The summed E-state index contributed by atoms with van der Waals surface area (Å²) in [7, 11) is 0. The van der Waals surface area contributed by atoms with Gasteiger partial charge in [0.25, 0.3) is 0 Å². The third-order valence-corrected chi connectivity index (χ3v) is 6.92. The lowest BCUT2D eigenvalue weighted by molar-refractivity contribution is -0.123. The Hall–Kier alpha value is -2.44. The summed E-state index contributed by atoms with van der Waals surface area (Å²) in [6, 6.07) is 11.7. The Balaban J connectivity index is 1.41. The smallest absolute Gasteiger partial charge is 0.238 e. The highest BCUT2D eigenvalue weighted by molar-refractivity contribution is 9.10. The molecule has 0 N–H and O–H groups in total. The fourth-order valence-corrected chi connectivity index (χ4v) is 5.22. The van der Waals surface area contributed by atoms with Crippen LogP contribution in [0.2, 0.25) is 5.02 Å². The number of halogens is 2. The molecule has 2 aromatic carbocycles. The predicted octanol–water partition coefficient (Wildman–Crippen LogP) is 4.68. The summed E-state index contributed by atoms with van der Waals surface area (Å²) in [6.45, 7) is -0.216. The van der Waals surface area contributed by atoms with Gasteiger partial charge in [-0.25, -0.2) is 4.90 Å². The van der Waals surface area contributed by atoms with Gasteiger partial charge in [-0.15, -0.1) is 0 Å². The molecule has 2 aliphatic carbocycles. The van der Waals surface area contributed by atoms with Gasteiger partial charge in [-0.2, -0.15) is 0 Å². The van der Waals surface area contributed by atoms with Gasteiger partial charge in [-0.05, 0) is 48.6 Å². The van der Waals surface area contributed by atoms with Crippen molar-refractivity contribution in [2.45, 2.75) is 6.42 Å². The zero-order valence-electron chi connectivity index (χ0n) is 15.8. The normalized spacial score (nSPS) is 26.4. The van der Waals surface area contributed by atoms with Crippen LogP contribution in [0.25, 0.3) is 0 Å². The topological polar surface area (TPSA) is 63.7 Å². The van der Waals surface area contributed by atoms with E-state index in [1.165, 1.54) is 4.90 Å². The Morgan fingerprint density at radius 3 is 2.30 bits per heavy atom. The summed E-state index contributed by atoms with van der Waals surface area (Å²) in [5.41, 5.74) is 0.814. The summed E-state index contributed by atoms with van der Waals surface area (Å²) in [4.78, 5) is 40.0. The Morgan fingerprint density at radius 2 is 1.67 bits per heavy atom. The van der Waals surface area contributed by atoms with Crippen molar-refractivity contribution in [2.24, 2.45) is 23.7 Å². The maximum absolute atomic E-state index is 13.1. The van der Waals surface area contributed by atoms with Crippen LogP contribution in [0.3, 0.4) is 0 Å². The van der Waals surface area contributed by atoms with Crippen molar-refractivity contribution in [3.63, 3.8) is 0 Å². The molecule has 5 nitrogen and oxygen atoms in total. The molecule has 2 amide bonds. The first-order valence-corrected chi connectivity index (χ1v) is 10.9. The number of fused-ring (bicyclic) bond motifs is 5. The lowest BCUT2D eigenvalue weighted by Gasteiger charge is -2.21. The first-order chi connectivity index (χ1) is 14.4. The summed E-state index contributed by atoms with van der Waals surface area (Å²) in [6.07, 6.45) is 4.96. The molecule has 4 atom stereocenters. The molecule has 2 bridgehead atoms. The van der Waals surface area contributed by atoms with Crippen molar-refractivity contribution in [2.75, 3.05) is 11.5 Å². The number of imide groups is 1. The molecular weight excluding hydrogens is 470 g/mol. The standard InChI is InChI=1S/C23H17BrClNO4/c24-15-5-3-12(4-6-15)18(27)11-30-19-8-7-16(25)10-17(19)26-22(28)20-13-1-2-14(9-13)21(20)23(26)29/h1-8,10,13-14,20-21H,9,11H2/t13-,14-,20-,21-/m0/s1. The summed E-state index contributed by atoms with van der Waals surface area (Å²) in [5, 5.41) is 0.385. The lowest BCUT2D eigenvalue weighted by Crippen LogP contribution is -2.33. The second kappa shape index (κ2) is 7.36. The van der Waals surface area contributed by atoms with Crippen LogP contribution in [0.1, 0.15) is 16.8 Å². The number of hydrogen-bond donors (Lipinski definition) is 0. The van der Waals surface area contributed by atoms with E-state index in [-0.39, 0.29) is 53.6 Å². The number of hydrogen-bond acceptors (Lipinski definition) is 4. The van der Waals surface area contributed by atoms with Crippen molar-refractivity contribution in [1.29, 1.82) is 0 Å². The molecule has 1 saturated carbocycles. The Labute approximate surface area is 186 Å². The maximum Gasteiger partial charge on any atom is 0.238 e. The molecule has 2 aromatic rings. The third-order valence-electron chi connectivity index (χ3n) is 6.16. The third kappa shape index (κ3) is 3.10. The first-order valence-electron chi connectivity index (χ1n) is 9.71. The predicted molar refractivity (Wildman–Crippen MR) is 116 cm³/mol. The van der Waals surface area contributed by atoms with E-state index < -0.39 is 0 Å². The van der Waals surface area contributed by atoms with Gasteiger partial charge >= 0.3 is 0 Å². The van der Waals surface area contributed by atoms with Crippen LogP contribution in [0.5, 0.6) is 5.75 Å². The monoisotopic (exact) mass is 485 g/mol. The number of ketones is 1. The average molecular weight is 487 g/mol. The number of ether oxygens (including phenoxy) is 1. The SMILES string of the molecule is O=C(COc1ccc(Cl)cc1N1C(=O)[C@@H]2[C@@H](C1=O)[C@H]1C=C[C@H]2C1)c1ccc(Br)cc1. The molecule has 1 aliphatic heterocycles. The van der Waals surface area contributed by atoms with Gasteiger partial charge in [0.15, 0.2) is 12.4 Å². The molecule has 2 fully saturated rings. The summed E-state index contributed by atoms with van der Waals surface area (Å²) in [5.74, 6) is -0.754. The molecule has 3 aliphatic rings. The number of anilines is 1. The highest BCUT2D eigenvalue weighted by Gasteiger charge is 2.59. The van der Waals surface area contributed by atoms with E-state index in [0.29, 0.717) is 16.3 Å². The molecule has 7 heteroatoms. The van der Waals surface area contributed by atoms with Gasteiger partial charge in [0.2, 0.25) is 11.8 Å². The molecule has 5 rings (SSSR count). The van der Waals surface area contributed by atoms with Gasteiger partial charge < -0.3 is 4.74 Å². The van der Waals surface area contributed by atoms with Crippen molar-refractivity contribution < 1.29 is 19.1 Å². The van der Waals surface area contributed by atoms with E-state index in [0.717, 1.165) is 10.9 Å². The largest absolute Gasteiger partial charge is 0.483 e. The van der Waals surface area contributed by atoms with Crippen LogP contribution in [0.15, 0.2) is 59.1 Å². The molecule has 152 valence electrons. The van der Waals surface area contributed by atoms with E-state index in [1.807, 2.05) is 12.2 Å². The van der Waals surface area contributed by atoms with Crippen LogP contribution in [-0.4, -0.2) is 24.2 Å². The molecule has 0 radical (unpaired) electrons. The number of allylic oxidation sites excluding steroid dienone is 2. The number of nitrogens with zero attached hydrogens (tertiary/aromatic N) is 1. The maximum atomic E-state index is 13.1.